The van der Waals surface area contributed by atoms with E-state index in [2.05, 4.69) is 15.5 Å². The number of hydrogen-bond acceptors (Lipinski definition) is 4. The second-order valence-electron chi connectivity index (χ2n) is 5.74. The largest absolute Gasteiger partial charge is 0.378 e. The number of carbonyl (C=O) groups excluding carboxylic acids is 2. The summed E-state index contributed by atoms with van der Waals surface area (Å²) in [6.45, 7) is 3.15. The molecule has 1 aliphatic rings. The average molecular weight is 339 g/mol. The number of carbonyl (C=O) groups is 2. The highest BCUT2D eigenvalue weighted by Crippen LogP contribution is 2.18. The molecule has 1 fully saturated rings. The number of amides is 2. The van der Waals surface area contributed by atoms with Gasteiger partial charge in [0, 0.05) is 30.0 Å². The molecule has 6 heteroatoms. The fourth-order valence-corrected chi connectivity index (χ4v) is 2.63. The predicted molar refractivity (Wildman–Crippen MR) is 96.9 cm³/mol. The Balaban J connectivity index is 1.48. The van der Waals surface area contributed by atoms with E-state index in [4.69, 9.17) is 4.74 Å². The van der Waals surface area contributed by atoms with E-state index in [-0.39, 0.29) is 18.4 Å². The number of nitrogens with one attached hydrogen (secondary N) is 2. The zero-order valence-electron chi connectivity index (χ0n) is 13.9. The van der Waals surface area contributed by atoms with E-state index in [1.807, 2.05) is 30.3 Å². The fraction of sp³-hybridized carbons (Fsp3) is 0.263. The first-order valence-corrected chi connectivity index (χ1v) is 8.28. The minimum absolute atomic E-state index is 0.0705. The smallest absolute Gasteiger partial charge is 0.251 e. The van der Waals surface area contributed by atoms with Gasteiger partial charge >= 0.3 is 0 Å². The van der Waals surface area contributed by atoms with Crippen molar-refractivity contribution in [2.24, 2.45) is 0 Å². The van der Waals surface area contributed by atoms with Gasteiger partial charge in [-0.15, -0.1) is 0 Å². The summed E-state index contributed by atoms with van der Waals surface area (Å²) in [6, 6.07) is 16.5. The molecule has 25 heavy (non-hydrogen) atoms. The van der Waals surface area contributed by atoms with Crippen molar-refractivity contribution < 1.29 is 14.3 Å². The van der Waals surface area contributed by atoms with E-state index in [0.717, 1.165) is 32.0 Å². The molecule has 1 saturated heterocycles. The van der Waals surface area contributed by atoms with Gasteiger partial charge in [-0.3, -0.25) is 9.59 Å². The SMILES string of the molecule is O=C(CNC(=O)c1ccccc1)Nc1ccc(N2CCOCC2)cc1. The maximum absolute atomic E-state index is 12.0. The summed E-state index contributed by atoms with van der Waals surface area (Å²) in [5.41, 5.74) is 2.35. The van der Waals surface area contributed by atoms with Crippen molar-refractivity contribution >= 4 is 23.2 Å². The maximum Gasteiger partial charge on any atom is 0.251 e. The van der Waals surface area contributed by atoms with E-state index in [1.54, 1.807) is 24.3 Å². The minimum Gasteiger partial charge on any atom is -0.378 e. The Hall–Kier alpha value is -2.86. The van der Waals surface area contributed by atoms with E-state index in [1.165, 1.54) is 0 Å². The highest BCUT2D eigenvalue weighted by Gasteiger charge is 2.11. The van der Waals surface area contributed by atoms with Gasteiger partial charge in [-0.25, -0.2) is 0 Å². The summed E-state index contributed by atoms with van der Waals surface area (Å²) in [5.74, 6) is -0.526. The third-order valence-electron chi connectivity index (χ3n) is 3.97. The molecule has 1 aliphatic heterocycles. The Morgan fingerprint density at radius 2 is 1.64 bits per heavy atom. The summed E-state index contributed by atoms with van der Waals surface area (Å²) in [6.07, 6.45) is 0. The molecule has 2 N–H and O–H groups in total. The van der Waals surface area contributed by atoms with Crippen molar-refractivity contribution in [2.75, 3.05) is 43.1 Å². The van der Waals surface area contributed by atoms with Crippen LogP contribution in [0.4, 0.5) is 11.4 Å². The lowest BCUT2D eigenvalue weighted by atomic mass is 10.2. The van der Waals surface area contributed by atoms with Crippen LogP contribution in [0.25, 0.3) is 0 Å². The molecular weight excluding hydrogens is 318 g/mol. The summed E-state index contributed by atoms with van der Waals surface area (Å²) in [4.78, 5) is 26.1. The van der Waals surface area contributed by atoms with Crippen LogP contribution >= 0.6 is 0 Å². The van der Waals surface area contributed by atoms with Crippen LogP contribution in [0, 0.1) is 0 Å². The topological polar surface area (TPSA) is 70.7 Å². The molecule has 6 nitrogen and oxygen atoms in total. The van der Waals surface area contributed by atoms with Crippen LogP contribution in [0.15, 0.2) is 54.6 Å². The number of benzene rings is 2. The monoisotopic (exact) mass is 339 g/mol. The second-order valence-corrected chi connectivity index (χ2v) is 5.74. The molecule has 2 amide bonds. The van der Waals surface area contributed by atoms with Crippen LogP contribution in [0.3, 0.4) is 0 Å². The molecule has 1 heterocycles. The quantitative estimate of drug-likeness (QED) is 0.873. The Morgan fingerprint density at radius 1 is 0.960 bits per heavy atom. The van der Waals surface area contributed by atoms with Crippen molar-refractivity contribution in [3.8, 4) is 0 Å². The van der Waals surface area contributed by atoms with Gasteiger partial charge < -0.3 is 20.3 Å². The van der Waals surface area contributed by atoms with Gasteiger partial charge in [0.15, 0.2) is 0 Å². The minimum atomic E-state index is -0.265. The Morgan fingerprint density at radius 3 is 2.32 bits per heavy atom. The van der Waals surface area contributed by atoms with Crippen LogP contribution in [-0.4, -0.2) is 44.7 Å². The third kappa shape index (κ3) is 4.81. The number of anilines is 2. The molecule has 0 saturated carbocycles. The lowest BCUT2D eigenvalue weighted by Gasteiger charge is -2.28. The van der Waals surface area contributed by atoms with Crippen LogP contribution in [0.2, 0.25) is 0 Å². The Kier molecular flexibility index (Phi) is 5.64. The van der Waals surface area contributed by atoms with E-state index in [0.29, 0.717) is 11.3 Å². The first kappa shape index (κ1) is 17.0. The van der Waals surface area contributed by atoms with Crippen molar-refractivity contribution in [2.45, 2.75) is 0 Å². The summed E-state index contributed by atoms with van der Waals surface area (Å²) >= 11 is 0. The Labute approximate surface area is 146 Å². The van der Waals surface area contributed by atoms with Crippen LogP contribution in [0.5, 0.6) is 0 Å². The highest BCUT2D eigenvalue weighted by molar-refractivity contribution is 5.99. The van der Waals surface area contributed by atoms with E-state index in [9.17, 15) is 9.59 Å². The standard InChI is InChI=1S/C19H21N3O3/c23-18(14-20-19(24)15-4-2-1-3-5-15)21-16-6-8-17(9-7-16)22-10-12-25-13-11-22/h1-9H,10-14H2,(H,20,24)(H,21,23). The number of ether oxygens (including phenoxy) is 1. The zero-order chi connectivity index (χ0) is 17.5. The molecule has 0 atom stereocenters. The molecule has 0 spiro atoms. The van der Waals surface area contributed by atoms with Gasteiger partial charge in [0.25, 0.3) is 5.91 Å². The molecular formula is C19H21N3O3. The van der Waals surface area contributed by atoms with Crippen LogP contribution in [0.1, 0.15) is 10.4 Å². The highest BCUT2D eigenvalue weighted by atomic mass is 16.5. The number of rotatable bonds is 5. The average Bonchev–Trinajstić information content (AvgIpc) is 2.68. The van der Waals surface area contributed by atoms with Crippen molar-refractivity contribution in [3.63, 3.8) is 0 Å². The molecule has 2 aromatic carbocycles. The van der Waals surface area contributed by atoms with Gasteiger partial charge in [-0.2, -0.15) is 0 Å². The molecule has 0 unspecified atom stereocenters. The van der Waals surface area contributed by atoms with E-state index < -0.39 is 0 Å². The van der Waals surface area contributed by atoms with Gasteiger partial charge in [-0.1, -0.05) is 18.2 Å². The molecule has 0 aromatic heterocycles. The summed E-state index contributed by atoms with van der Waals surface area (Å²) < 4.78 is 5.34. The normalized spacial score (nSPS) is 14.0. The molecule has 0 radical (unpaired) electrons. The van der Waals surface area contributed by atoms with Gasteiger partial charge in [0.2, 0.25) is 5.91 Å². The predicted octanol–water partition coefficient (Wildman–Crippen LogP) is 1.89. The van der Waals surface area contributed by atoms with Crippen molar-refractivity contribution in [1.82, 2.24) is 5.32 Å². The van der Waals surface area contributed by atoms with Crippen molar-refractivity contribution in [3.05, 3.63) is 60.2 Å². The van der Waals surface area contributed by atoms with E-state index >= 15 is 0 Å². The maximum atomic E-state index is 12.0. The summed E-state index contributed by atoms with van der Waals surface area (Å²) in [5, 5.41) is 5.39. The van der Waals surface area contributed by atoms with Crippen molar-refractivity contribution in [1.29, 1.82) is 0 Å². The zero-order valence-corrected chi connectivity index (χ0v) is 13.9. The lowest BCUT2D eigenvalue weighted by molar-refractivity contribution is -0.115. The first-order chi connectivity index (χ1) is 12.2. The fourth-order valence-electron chi connectivity index (χ4n) is 2.63. The number of nitrogens with zero attached hydrogens (tertiary/aromatic N) is 1. The van der Waals surface area contributed by atoms with Gasteiger partial charge in [0.1, 0.15) is 0 Å². The first-order valence-electron chi connectivity index (χ1n) is 8.28. The summed E-state index contributed by atoms with van der Waals surface area (Å²) in [7, 11) is 0. The molecule has 0 bridgehead atoms. The number of hydrogen-bond donors (Lipinski definition) is 2. The van der Waals surface area contributed by atoms with Gasteiger partial charge in [-0.05, 0) is 36.4 Å². The molecule has 3 rings (SSSR count). The lowest BCUT2D eigenvalue weighted by Crippen LogP contribution is -2.36. The van der Waals surface area contributed by atoms with Gasteiger partial charge in [0.05, 0.1) is 19.8 Å². The second kappa shape index (κ2) is 8.30. The molecule has 0 aliphatic carbocycles. The third-order valence-corrected chi connectivity index (χ3v) is 3.97. The van der Waals surface area contributed by atoms with Crippen LogP contribution in [-0.2, 0) is 9.53 Å². The molecule has 130 valence electrons. The Bertz CT molecular complexity index is 710. The number of morpholine rings is 1. The molecule has 2 aromatic rings. The van der Waals surface area contributed by atoms with Crippen LogP contribution < -0.4 is 15.5 Å².